The van der Waals surface area contributed by atoms with Gasteiger partial charge in [-0.05, 0) is 43.4 Å². The predicted molar refractivity (Wildman–Crippen MR) is 99.3 cm³/mol. The second kappa shape index (κ2) is 11.0. The van der Waals surface area contributed by atoms with Crippen LogP contribution in [0.3, 0.4) is 0 Å². The number of hydrogen-bond acceptors (Lipinski definition) is 4. The number of para-hydroxylation sites is 1. The van der Waals surface area contributed by atoms with Crippen molar-refractivity contribution in [2.24, 2.45) is 5.92 Å². The van der Waals surface area contributed by atoms with Gasteiger partial charge >= 0.3 is 0 Å². The fourth-order valence-corrected chi connectivity index (χ4v) is 2.37. The van der Waals surface area contributed by atoms with Crippen molar-refractivity contribution < 1.29 is 14.3 Å². The van der Waals surface area contributed by atoms with E-state index in [2.05, 4.69) is 10.6 Å². The average molecular weight is 353 g/mol. The third kappa shape index (κ3) is 7.73. The van der Waals surface area contributed by atoms with Gasteiger partial charge in [0.15, 0.2) is 6.61 Å². The Morgan fingerprint density at radius 1 is 1.12 bits per heavy atom. The lowest BCUT2D eigenvalue weighted by Crippen LogP contribution is -2.51. The molecule has 0 fully saturated rings. The van der Waals surface area contributed by atoms with Crippen LogP contribution in [0.4, 0.5) is 0 Å². The van der Waals surface area contributed by atoms with Crippen LogP contribution >= 0.6 is 11.8 Å². The number of hydrogen-bond donors (Lipinski definition) is 2. The van der Waals surface area contributed by atoms with E-state index < -0.39 is 6.04 Å². The predicted octanol–water partition coefficient (Wildman–Crippen LogP) is 2.46. The molecule has 2 atom stereocenters. The topological polar surface area (TPSA) is 67.4 Å². The van der Waals surface area contributed by atoms with Crippen LogP contribution in [0, 0.1) is 5.92 Å². The van der Waals surface area contributed by atoms with Crippen molar-refractivity contribution in [1.82, 2.24) is 10.6 Å². The van der Waals surface area contributed by atoms with Crippen LogP contribution in [0.5, 0.6) is 5.75 Å². The number of thioether (sulfide) groups is 1. The highest BCUT2D eigenvalue weighted by molar-refractivity contribution is 7.98. The molecular formula is C18H28N2O3S. The Bertz CT molecular complexity index is 508. The molecule has 0 aromatic heterocycles. The van der Waals surface area contributed by atoms with E-state index in [0.717, 1.165) is 5.75 Å². The highest BCUT2D eigenvalue weighted by Gasteiger charge is 2.22. The summed E-state index contributed by atoms with van der Waals surface area (Å²) in [5.41, 5.74) is 0. The first-order valence-corrected chi connectivity index (χ1v) is 9.60. The number of carbonyl (C=O) groups is 2. The molecule has 2 N–H and O–H groups in total. The van der Waals surface area contributed by atoms with E-state index in [-0.39, 0.29) is 24.5 Å². The first kappa shape index (κ1) is 20.4. The lowest BCUT2D eigenvalue weighted by molar-refractivity contribution is -0.130. The van der Waals surface area contributed by atoms with Crippen LogP contribution in [-0.4, -0.2) is 42.5 Å². The van der Waals surface area contributed by atoms with E-state index >= 15 is 0 Å². The molecule has 24 heavy (non-hydrogen) atoms. The lowest BCUT2D eigenvalue weighted by atomic mass is 10.1. The number of benzene rings is 1. The summed E-state index contributed by atoms with van der Waals surface area (Å²) >= 11 is 1.65. The van der Waals surface area contributed by atoms with Gasteiger partial charge in [0.25, 0.3) is 5.91 Å². The van der Waals surface area contributed by atoms with E-state index in [9.17, 15) is 9.59 Å². The lowest BCUT2D eigenvalue weighted by Gasteiger charge is -2.23. The van der Waals surface area contributed by atoms with Gasteiger partial charge in [0, 0.05) is 6.04 Å². The Kier molecular flexibility index (Phi) is 9.30. The summed E-state index contributed by atoms with van der Waals surface area (Å²) in [6, 6.07) is 8.67. The molecule has 0 spiro atoms. The molecule has 0 saturated heterocycles. The standard InChI is InChI=1S/C18H28N2O3S/c1-13(2)14(3)19-18(22)16(10-11-24-4)20-17(21)12-23-15-8-6-5-7-9-15/h5-9,13-14,16H,10-12H2,1-4H3,(H,19,22)(H,20,21). The molecule has 1 rings (SSSR count). The minimum atomic E-state index is -0.537. The SMILES string of the molecule is CSCCC(NC(=O)COc1ccccc1)C(=O)NC(C)C(C)C. The molecule has 1 aromatic rings. The molecule has 0 aliphatic rings. The molecule has 0 bridgehead atoms. The normalized spacial score (nSPS) is 13.2. The van der Waals surface area contributed by atoms with Crippen molar-refractivity contribution in [2.45, 2.75) is 39.3 Å². The Hall–Kier alpha value is -1.69. The van der Waals surface area contributed by atoms with E-state index in [1.54, 1.807) is 23.9 Å². The molecule has 0 heterocycles. The second-order valence-electron chi connectivity index (χ2n) is 6.04. The van der Waals surface area contributed by atoms with Crippen LogP contribution in [0.1, 0.15) is 27.2 Å². The highest BCUT2D eigenvalue weighted by atomic mass is 32.2. The van der Waals surface area contributed by atoms with Gasteiger partial charge in [0.1, 0.15) is 11.8 Å². The molecular weight excluding hydrogens is 324 g/mol. The summed E-state index contributed by atoms with van der Waals surface area (Å²) in [5.74, 6) is 1.34. The Labute approximate surface area is 148 Å². The van der Waals surface area contributed by atoms with Crippen LogP contribution < -0.4 is 15.4 Å². The summed E-state index contributed by atoms with van der Waals surface area (Å²) in [7, 11) is 0. The van der Waals surface area contributed by atoms with Crippen molar-refractivity contribution in [2.75, 3.05) is 18.6 Å². The summed E-state index contributed by atoms with van der Waals surface area (Å²) < 4.78 is 5.42. The third-order valence-corrected chi connectivity index (χ3v) is 4.39. The van der Waals surface area contributed by atoms with E-state index in [0.29, 0.717) is 18.1 Å². The molecule has 0 radical (unpaired) electrons. The third-order valence-electron chi connectivity index (χ3n) is 3.75. The first-order chi connectivity index (χ1) is 11.4. The maximum Gasteiger partial charge on any atom is 0.258 e. The molecule has 5 nitrogen and oxygen atoms in total. The van der Waals surface area contributed by atoms with E-state index in [4.69, 9.17) is 4.74 Å². The number of carbonyl (C=O) groups excluding carboxylic acids is 2. The van der Waals surface area contributed by atoms with Gasteiger partial charge in [-0.25, -0.2) is 0 Å². The van der Waals surface area contributed by atoms with Gasteiger partial charge in [-0.1, -0.05) is 32.0 Å². The minimum Gasteiger partial charge on any atom is -0.484 e. The van der Waals surface area contributed by atoms with Crippen molar-refractivity contribution in [1.29, 1.82) is 0 Å². The number of rotatable bonds is 10. The second-order valence-corrected chi connectivity index (χ2v) is 7.03. The van der Waals surface area contributed by atoms with Gasteiger partial charge in [-0.3, -0.25) is 9.59 Å². The number of amides is 2. The quantitative estimate of drug-likeness (QED) is 0.679. The summed E-state index contributed by atoms with van der Waals surface area (Å²) in [6.07, 6.45) is 2.57. The van der Waals surface area contributed by atoms with Crippen LogP contribution in [0.15, 0.2) is 30.3 Å². The van der Waals surface area contributed by atoms with Crippen LogP contribution in [0.25, 0.3) is 0 Å². The van der Waals surface area contributed by atoms with Crippen molar-refractivity contribution >= 4 is 23.6 Å². The maximum absolute atomic E-state index is 12.4. The number of ether oxygens (including phenoxy) is 1. The van der Waals surface area contributed by atoms with Gasteiger partial charge in [0.2, 0.25) is 5.91 Å². The van der Waals surface area contributed by atoms with Crippen LogP contribution in [-0.2, 0) is 9.59 Å². The Morgan fingerprint density at radius 3 is 2.38 bits per heavy atom. The van der Waals surface area contributed by atoms with Crippen molar-refractivity contribution in [3.8, 4) is 5.75 Å². The Balaban J connectivity index is 2.54. The Morgan fingerprint density at radius 2 is 1.79 bits per heavy atom. The number of nitrogens with one attached hydrogen (secondary N) is 2. The van der Waals surface area contributed by atoms with Gasteiger partial charge in [0.05, 0.1) is 0 Å². The molecule has 2 amide bonds. The summed E-state index contributed by atoms with van der Waals surface area (Å²) in [5, 5.41) is 5.74. The summed E-state index contributed by atoms with van der Waals surface area (Å²) in [4.78, 5) is 24.5. The molecule has 0 aliphatic heterocycles. The largest absolute Gasteiger partial charge is 0.484 e. The van der Waals surface area contributed by atoms with Crippen molar-refractivity contribution in [3.63, 3.8) is 0 Å². The molecule has 0 saturated carbocycles. The fourth-order valence-electron chi connectivity index (χ4n) is 1.90. The van der Waals surface area contributed by atoms with Crippen LogP contribution in [0.2, 0.25) is 0 Å². The molecule has 0 aliphatic carbocycles. The zero-order valence-electron chi connectivity index (χ0n) is 14.9. The zero-order valence-corrected chi connectivity index (χ0v) is 15.7. The molecule has 2 unspecified atom stereocenters. The molecule has 1 aromatic carbocycles. The van der Waals surface area contributed by atoms with Gasteiger partial charge < -0.3 is 15.4 Å². The minimum absolute atomic E-state index is 0.0618. The molecule has 134 valence electrons. The monoisotopic (exact) mass is 352 g/mol. The zero-order chi connectivity index (χ0) is 17.9. The first-order valence-electron chi connectivity index (χ1n) is 8.20. The summed E-state index contributed by atoms with van der Waals surface area (Å²) in [6.45, 7) is 5.96. The average Bonchev–Trinajstić information content (AvgIpc) is 2.57. The van der Waals surface area contributed by atoms with Gasteiger partial charge in [-0.15, -0.1) is 0 Å². The van der Waals surface area contributed by atoms with E-state index in [1.807, 2.05) is 45.2 Å². The van der Waals surface area contributed by atoms with Gasteiger partial charge in [-0.2, -0.15) is 11.8 Å². The maximum atomic E-state index is 12.4. The van der Waals surface area contributed by atoms with E-state index in [1.165, 1.54) is 0 Å². The highest BCUT2D eigenvalue weighted by Crippen LogP contribution is 2.08. The molecule has 6 heteroatoms. The fraction of sp³-hybridized carbons (Fsp3) is 0.556. The smallest absolute Gasteiger partial charge is 0.258 e. The van der Waals surface area contributed by atoms with Crippen molar-refractivity contribution in [3.05, 3.63) is 30.3 Å².